The highest BCUT2D eigenvalue weighted by molar-refractivity contribution is 5.96. The number of hydrogen-bond donors (Lipinski definition) is 2. The van der Waals surface area contributed by atoms with E-state index in [1.54, 1.807) is 18.2 Å². The largest absolute Gasteiger partial charge is 0.489 e. The van der Waals surface area contributed by atoms with Gasteiger partial charge in [-0.25, -0.2) is 9.82 Å². The molecule has 0 aromatic heterocycles. The Morgan fingerprint density at radius 1 is 1.15 bits per heavy atom. The maximum absolute atomic E-state index is 12.8. The molecule has 2 aromatic carbocycles. The van der Waals surface area contributed by atoms with Gasteiger partial charge in [0.1, 0.15) is 18.2 Å². The third-order valence-electron chi connectivity index (χ3n) is 3.18. The van der Waals surface area contributed by atoms with E-state index in [4.69, 9.17) is 4.74 Å². The molecule has 0 saturated heterocycles. The molecule has 0 atom stereocenters. The Balaban J connectivity index is 1.83. The van der Waals surface area contributed by atoms with Gasteiger partial charge in [0.05, 0.1) is 12.8 Å². The van der Waals surface area contributed by atoms with Crippen LogP contribution in [0.25, 0.3) is 0 Å². The second kappa shape index (κ2) is 9.73. The summed E-state index contributed by atoms with van der Waals surface area (Å²) in [5.41, 5.74) is 3.26. The molecule has 0 heterocycles. The first-order valence-electron chi connectivity index (χ1n) is 7.78. The van der Waals surface area contributed by atoms with Crippen LogP contribution in [0.15, 0.2) is 66.3 Å². The van der Waals surface area contributed by atoms with E-state index >= 15 is 0 Å². The van der Waals surface area contributed by atoms with Gasteiger partial charge in [-0.15, -0.1) is 0 Å². The summed E-state index contributed by atoms with van der Waals surface area (Å²) in [6.07, 6.45) is 3.07. The number of nitrogens with one attached hydrogen (secondary N) is 2. The Kier molecular flexibility index (Phi) is 7.05. The van der Waals surface area contributed by atoms with Crippen molar-refractivity contribution in [3.63, 3.8) is 0 Å². The molecule has 26 heavy (non-hydrogen) atoms. The normalized spacial score (nSPS) is 10.3. The summed E-state index contributed by atoms with van der Waals surface area (Å²) in [5.74, 6) is -0.811. The fourth-order valence-electron chi connectivity index (χ4n) is 1.94. The van der Waals surface area contributed by atoms with Gasteiger partial charge in [-0.1, -0.05) is 24.8 Å². The standard InChI is InChI=1S/C19H18FN3O3/c1-2-11-26-17-6-4-3-5-15(17)12-22-23-18(24)13-21-19(25)14-7-9-16(20)10-8-14/h2-10,12H,1,11,13H2,(H,21,25)(H,23,24)/b22-12-. The summed E-state index contributed by atoms with van der Waals surface area (Å²) in [6.45, 7) is 3.67. The van der Waals surface area contributed by atoms with Crippen molar-refractivity contribution >= 4 is 18.0 Å². The molecule has 2 aromatic rings. The molecule has 2 N–H and O–H groups in total. The number of carbonyl (C=O) groups is 2. The van der Waals surface area contributed by atoms with E-state index in [9.17, 15) is 14.0 Å². The first kappa shape index (κ1) is 18.9. The van der Waals surface area contributed by atoms with Crippen molar-refractivity contribution in [2.24, 2.45) is 5.10 Å². The Bertz CT molecular complexity index is 804. The zero-order chi connectivity index (χ0) is 18.8. The van der Waals surface area contributed by atoms with Crippen LogP contribution in [0.1, 0.15) is 15.9 Å². The lowest BCUT2D eigenvalue weighted by Crippen LogP contribution is -2.34. The molecule has 134 valence electrons. The molecule has 6 nitrogen and oxygen atoms in total. The van der Waals surface area contributed by atoms with Crippen molar-refractivity contribution in [3.05, 3.63) is 78.1 Å². The summed E-state index contributed by atoms with van der Waals surface area (Å²) < 4.78 is 18.3. The van der Waals surface area contributed by atoms with Gasteiger partial charge in [0.2, 0.25) is 0 Å². The highest BCUT2D eigenvalue weighted by Gasteiger charge is 2.07. The molecular formula is C19H18FN3O3. The van der Waals surface area contributed by atoms with Crippen LogP contribution in [0.5, 0.6) is 5.75 Å². The lowest BCUT2D eigenvalue weighted by Gasteiger charge is -2.06. The highest BCUT2D eigenvalue weighted by atomic mass is 19.1. The summed E-state index contributed by atoms with van der Waals surface area (Å²) in [5, 5.41) is 6.26. The van der Waals surface area contributed by atoms with Crippen LogP contribution >= 0.6 is 0 Å². The number of ether oxygens (including phenoxy) is 1. The lowest BCUT2D eigenvalue weighted by atomic mass is 10.2. The van der Waals surface area contributed by atoms with Crippen molar-refractivity contribution in [3.8, 4) is 5.75 Å². The summed E-state index contributed by atoms with van der Waals surface area (Å²) >= 11 is 0. The van der Waals surface area contributed by atoms with Crippen molar-refractivity contribution in [2.75, 3.05) is 13.2 Å². The highest BCUT2D eigenvalue weighted by Crippen LogP contribution is 2.15. The third kappa shape index (κ3) is 5.86. The molecule has 0 radical (unpaired) electrons. The molecule has 0 unspecified atom stereocenters. The number of carbonyl (C=O) groups excluding carboxylic acids is 2. The minimum atomic E-state index is -0.499. The van der Waals surface area contributed by atoms with Gasteiger partial charge in [0.15, 0.2) is 0 Å². The predicted octanol–water partition coefficient (Wildman–Crippen LogP) is 2.27. The van der Waals surface area contributed by atoms with Gasteiger partial charge >= 0.3 is 0 Å². The zero-order valence-electron chi connectivity index (χ0n) is 13.9. The van der Waals surface area contributed by atoms with Gasteiger partial charge in [-0.05, 0) is 36.4 Å². The Hall–Kier alpha value is -3.48. The number of nitrogens with zero attached hydrogens (tertiary/aromatic N) is 1. The lowest BCUT2D eigenvalue weighted by molar-refractivity contribution is -0.120. The molecule has 0 saturated carbocycles. The average molecular weight is 355 g/mol. The molecule has 2 amide bonds. The first-order chi connectivity index (χ1) is 12.6. The van der Waals surface area contributed by atoms with E-state index in [0.29, 0.717) is 17.9 Å². The summed E-state index contributed by atoms with van der Waals surface area (Å²) in [7, 11) is 0. The van der Waals surface area contributed by atoms with Crippen molar-refractivity contribution in [1.82, 2.24) is 10.7 Å². The molecular weight excluding hydrogens is 337 g/mol. The summed E-state index contributed by atoms with van der Waals surface area (Å²) in [4.78, 5) is 23.6. The molecule has 7 heteroatoms. The van der Waals surface area contributed by atoms with Crippen LogP contribution in [-0.2, 0) is 4.79 Å². The van der Waals surface area contributed by atoms with Crippen LogP contribution in [0.2, 0.25) is 0 Å². The first-order valence-corrected chi connectivity index (χ1v) is 7.78. The third-order valence-corrected chi connectivity index (χ3v) is 3.18. The summed E-state index contributed by atoms with van der Waals surface area (Å²) in [6, 6.07) is 12.2. The van der Waals surface area contributed by atoms with Crippen LogP contribution in [0.3, 0.4) is 0 Å². The number of benzene rings is 2. The minimum absolute atomic E-state index is 0.260. The molecule has 0 aliphatic heterocycles. The van der Waals surface area contributed by atoms with E-state index in [-0.39, 0.29) is 12.1 Å². The molecule has 0 fully saturated rings. The van der Waals surface area contributed by atoms with Gasteiger partial charge in [0.25, 0.3) is 11.8 Å². The zero-order valence-corrected chi connectivity index (χ0v) is 13.9. The number of rotatable bonds is 8. The van der Waals surface area contributed by atoms with Crippen molar-refractivity contribution in [1.29, 1.82) is 0 Å². The van der Waals surface area contributed by atoms with Gasteiger partial charge < -0.3 is 10.1 Å². The Labute approximate surface area is 150 Å². The average Bonchev–Trinajstić information content (AvgIpc) is 2.66. The van der Waals surface area contributed by atoms with Crippen molar-refractivity contribution in [2.45, 2.75) is 0 Å². The van der Waals surface area contributed by atoms with E-state index in [1.807, 2.05) is 12.1 Å². The molecule has 0 bridgehead atoms. The Morgan fingerprint density at radius 2 is 1.88 bits per heavy atom. The smallest absolute Gasteiger partial charge is 0.259 e. The second-order valence-corrected chi connectivity index (χ2v) is 5.12. The van der Waals surface area contributed by atoms with Crippen LogP contribution in [-0.4, -0.2) is 31.2 Å². The number of hydrogen-bond acceptors (Lipinski definition) is 4. The monoisotopic (exact) mass is 355 g/mol. The minimum Gasteiger partial charge on any atom is -0.489 e. The van der Waals surface area contributed by atoms with Gasteiger partial charge in [-0.3, -0.25) is 9.59 Å². The number of halogens is 1. The van der Waals surface area contributed by atoms with Crippen molar-refractivity contribution < 1.29 is 18.7 Å². The molecule has 2 rings (SSSR count). The van der Waals surface area contributed by atoms with E-state index in [1.165, 1.54) is 30.5 Å². The van der Waals surface area contributed by atoms with E-state index < -0.39 is 17.6 Å². The maximum atomic E-state index is 12.8. The van der Waals surface area contributed by atoms with Crippen LogP contribution < -0.4 is 15.5 Å². The number of para-hydroxylation sites is 1. The fourth-order valence-corrected chi connectivity index (χ4v) is 1.94. The van der Waals surface area contributed by atoms with Crippen LogP contribution in [0.4, 0.5) is 4.39 Å². The topological polar surface area (TPSA) is 79.8 Å². The fraction of sp³-hybridized carbons (Fsp3) is 0.105. The molecule has 0 aliphatic carbocycles. The van der Waals surface area contributed by atoms with E-state index in [2.05, 4.69) is 22.4 Å². The molecule has 0 aliphatic rings. The number of hydrazone groups is 1. The predicted molar refractivity (Wildman–Crippen MR) is 96.6 cm³/mol. The molecule has 0 spiro atoms. The van der Waals surface area contributed by atoms with Gasteiger partial charge in [0, 0.05) is 11.1 Å². The van der Waals surface area contributed by atoms with Gasteiger partial charge in [-0.2, -0.15) is 5.10 Å². The Morgan fingerprint density at radius 3 is 2.62 bits per heavy atom. The maximum Gasteiger partial charge on any atom is 0.259 e. The number of amides is 2. The second-order valence-electron chi connectivity index (χ2n) is 5.12. The van der Waals surface area contributed by atoms with E-state index in [0.717, 1.165) is 0 Å². The SMILES string of the molecule is C=CCOc1ccccc1/C=N\NC(=O)CNC(=O)c1ccc(F)cc1. The van der Waals surface area contributed by atoms with Crippen LogP contribution in [0, 0.1) is 5.82 Å². The quantitative estimate of drug-likeness (QED) is 0.433.